The molecule has 1 unspecified atom stereocenters. The summed E-state index contributed by atoms with van der Waals surface area (Å²) in [6, 6.07) is 13.3. The Bertz CT molecular complexity index is 1550. The zero-order valence-electron chi connectivity index (χ0n) is 19.0. The number of aliphatic hydroxyl groups is 1. The summed E-state index contributed by atoms with van der Waals surface area (Å²) in [7, 11) is 0. The number of aromatic hydroxyl groups is 1. The second-order valence-electron chi connectivity index (χ2n) is 8.05. The van der Waals surface area contributed by atoms with E-state index in [1.54, 1.807) is 37.3 Å². The fourth-order valence-electron chi connectivity index (χ4n) is 3.83. The summed E-state index contributed by atoms with van der Waals surface area (Å²) < 4.78 is 6.02. The van der Waals surface area contributed by atoms with Crippen LogP contribution < -0.4 is 4.90 Å². The van der Waals surface area contributed by atoms with Crippen LogP contribution in [0.3, 0.4) is 0 Å². The number of aryl methyl sites for hydroxylation is 1. The number of ketones is 1. The van der Waals surface area contributed by atoms with Gasteiger partial charge in [0.1, 0.15) is 11.5 Å². The van der Waals surface area contributed by atoms with Crippen molar-refractivity contribution in [1.82, 2.24) is 10.2 Å². The monoisotopic (exact) mass is 573 g/mol. The van der Waals surface area contributed by atoms with Crippen LogP contribution in [0, 0.1) is 6.92 Å². The van der Waals surface area contributed by atoms with Gasteiger partial charge in [-0.3, -0.25) is 14.5 Å². The van der Waals surface area contributed by atoms with Gasteiger partial charge in [0.25, 0.3) is 5.91 Å². The number of thioether (sulfide) groups is 1. The van der Waals surface area contributed by atoms with Gasteiger partial charge in [-0.05, 0) is 54.4 Å². The van der Waals surface area contributed by atoms with Crippen LogP contribution >= 0.6 is 46.3 Å². The largest absolute Gasteiger partial charge is 0.508 e. The SMILES string of the molecule is Cc1ccc(C(=O)C2=C(O)C(=O)N(c3nnc(SCc4ccc(Cl)cc4Cl)s3)C2c2ccc(O)cc2)o1. The molecule has 2 N–H and O–H groups in total. The van der Waals surface area contributed by atoms with Crippen molar-refractivity contribution in [2.75, 3.05) is 4.90 Å². The Kier molecular flexibility index (Phi) is 7.00. The summed E-state index contributed by atoms with van der Waals surface area (Å²) in [6.07, 6.45) is 0. The molecular weight excluding hydrogens is 557 g/mol. The number of aromatic nitrogens is 2. The first-order valence-electron chi connectivity index (χ1n) is 10.8. The maximum absolute atomic E-state index is 13.4. The number of benzene rings is 2. The van der Waals surface area contributed by atoms with Crippen molar-refractivity contribution in [1.29, 1.82) is 0 Å². The first kappa shape index (κ1) is 25.3. The third-order valence-corrected chi connectivity index (χ3v) is 8.29. The molecule has 37 heavy (non-hydrogen) atoms. The van der Waals surface area contributed by atoms with E-state index in [0.29, 0.717) is 31.5 Å². The van der Waals surface area contributed by atoms with Crippen LogP contribution in [0.2, 0.25) is 10.0 Å². The van der Waals surface area contributed by atoms with Gasteiger partial charge in [-0.2, -0.15) is 0 Å². The predicted octanol–water partition coefficient (Wildman–Crippen LogP) is 6.53. The average Bonchev–Trinajstić information content (AvgIpc) is 3.57. The third-order valence-electron chi connectivity index (χ3n) is 5.59. The lowest BCUT2D eigenvalue weighted by molar-refractivity contribution is -0.117. The fourth-order valence-corrected chi connectivity index (χ4v) is 6.26. The topological polar surface area (TPSA) is 117 Å². The van der Waals surface area contributed by atoms with Crippen LogP contribution in [0.5, 0.6) is 5.75 Å². The van der Waals surface area contributed by atoms with E-state index in [1.165, 1.54) is 34.9 Å². The van der Waals surface area contributed by atoms with E-state index in [1.807, 2.05) is 6.07 Å². The molecule has 0 bridgehead atoms. The number of rotatable bonds is 7. The van der Waals surface area contributed by atoms with Crippen molar-refractivity contribution in [2.45, 2.75) is 23.1 Å². The zero-order chi connectivity index (χ0) is 26.3. The zero-order valence-corrected chi connectivity index (χ0v) is 22.2. The molecule has 3 heterocycles. The molecule has 5 rings (SSSR count). The number of hydrogen-bond donors (Lipinski definition) is 2. The highest BCUT2D eigenvalue weighted by Crippen LogP contribution is 2.44. The predicted molar refractivity (Wildman–Crippen MR) is 142 cm³/mol. The molecule has 0 saturated carbocycles. The van der Waals surface area contributed by atoms with Gasteiger partial charge < -0.3 is 14.6 Å². The lowest BCUT2D eigenvalue weighted by Crippen LogP contribution is -2.31. The molecule has 0 saturated heterocycles. The van der Waals surface area contributed by atoms with Crippen LogP contribution in [0.4, 0.5) is 5.13 Å². The molecule has 0 aliphatic carbocycles. The number of phenols is 1. The molecule has 0 fully saturated rings. The van der Waals surface area contributed by atoms with Gasteiger partial charge in [0.05, 0.1) is 11.6 Å². The minimum absolute atomic E-state index is 0.00849. The van der Waals surface area contributed by atoms with Crippen LogP contribution in [-0.2, 0) is 10.5 Å². The Balaban J connectivity index is 1.48. The van der Waals surface area contributed by atoms with Crippen LogP contribution in [0.25, 0.3) is 0 Å². The number of nitrogens with zero attached hydrogens (tertiary/aromatic N) is 3. The van der Waals surface area contributed by atoms with Gasteiger partial charge >= 0.3 is 0 Å². The van der Waals surface area contributed by atoms with Crippen molar-refractivity contribution >= 4 is 63.1 Å². The number of anilines is 1. The average molecular weight is 574 g/mol. The van der Waals surface area contributed by atoms with Gasteiger partial charge in [0.15, 0.2) is 15.9 Å². The minimum Gasteiger partial charge on any atom is -0.508 e. The molecule has 2 aromatic heterocycles. The summed E-state index contributed by atoms with van der Waals surface area (Å²) in [4.78, 5) is 27.9. The molecule has 12 heteroatoms. The minimum atomic E-state index is -1.01. The number of carbonyl (C=O) groups is 2. The second kappa shape index (κ2) is 10.2. The number of hydrogen-bond acceptors (Lipinski definition) is 9. The van der Waals surface area contributed by atoms with E-state index in [-0.39, 0.29) is 22.2 Å². The number of amides is 1. The molecule has 8 nitrogen and oxygen atoms in total. The molecule has 1 aliphatic rings. The van der Waals surface area contributed by atoms with Crippen molar-refractivity contribution in [3.05, 3.63) is 98.6 Å². The van der Waals surface area contributed by atoms with E-state index in [9.17, 15) is 19.8 Å². The smallest absolute Gasteiger partial charge is 0.296 e. The quantitative estimate of drug-likeness (QED) is 0.145. The Morgan fingerprint density at radius 1 is 1.11 bits per heavy atom. The highest BCUT2D eigenvalue weighted by molar-refractivity contribution is 8.00. The third kappa shape index (κ3) is 4.97. The number of halogens is 2. The molecule has 188 valence electrons. The van der Waals surface area contributed by atoms with Gasteiger partial charge in [-0.25, -0.2) is 0 Å². The van der Waals surface area contributed by atoms with Crippen LogP contribution in [-0.4, -0.2) is 32.1 Å². The van der Waals surface area contributed by atoms with E-state index >= 15 is 0 Å². The first-order chi connectivity index (χ1) is 17.7. The van der Waals surface area contributed by atoms with Gasteiger partial charge in [0.2, 0.25) is 10.9 Å². The second-order valence-corrected chi connectivity index (χ2v) is 11.1. The van der Waals surface area contributed by atoms with E-state index in [0.717, 1.165) is 16.9 Å². The van der Waals surface area contributed by atoms with Crippen molar-refractivity contribution in [2.24, 2.45) is 0 Å². The standard InChI is InChI=1S/C25H17Cl2N3O5S2/c1-12-2-9-18(35-12)21(32)19-20(13-4-7-16(31)8-5-13)30(23(34)22(19)33)24-28-29-25(37-24)36-11-14-3-6-15(26)10-17(14)27/h2-10,20,31,33H,11H2,1H3. The van der Waals surface area contributed by atoms with Crippen molar-refractivity contribution in [3.63, 3.8) is 0 Å². The summed E-state index contributed by atoms with van der Waals surface area (Å²) in [5.74, 6) is -1.12. The first-order valence-corrected chi connectivity index (χ1v) is 13.4. The Morgan fingerprint density at radius 2 is 1.86 bits per heavy atom. The number of carbonyl (C=O) groups excluding carboxylic acids is 2. The number of aliphatic hydroxyl groups excluding tert-OH is 1. The number of furan rings is 1. The molecule has 1 amide bonds. The maximum atomic E-state index is 13.4. The van der Waals surface area contributed by atoms with Crippen molar-refractivity contribution < 1.29 is 24.2 Å². The van der Waals surface area contributed by atoms with E-state index in [2.05, 4.69) is 10.2 Å². The normalized spacial score (nSPS) is 15.6. The lowest BCUT2D eigenvalue weighted by atomic mass is 9.95. The summed E-state index contributed by atoms with van der Waals surface area (Å²) in [5.41, 5.74) is 1.19. The number of Topliss-reactive ketones (excluding diaryl/α,β-unsaturated/α-hetero) is 1. The summed E-state index contributed by atoms with van der Waals surface area (Å²) >= 11 is 14.7. The van der Waals surface area contributed by atoms with Gasteiger partial charge in [-0.1, -0.05) is 64.5 Å². The Hall–Kier alpha value is -3.31. The fraction of sp³-hybridized carbons (Fsp3) is 0.120. The lowest BCUT2D eigenvalue weighted by Gasteiger charge is -2.23. The summed E-state index contributed by atoms with van der Waals surface area (Å²) in [5, 5.41) is 30.2. The van der Waals surface area contributed by atoms with Crippen LogP contribution in [0.1, 0.15) is 33.5 Å². The molecular formula is C25H17Cl2N3O5S2. The highest BCUT2D eigenvalue weighted by atomic mass is 35.5. The van der Waals surface area contributed by atoms with Gasteiger partial charge in [-0.15, -0.1) is 10.2 Å². The van der Waals surface area contributed by atoms with E-state index in [4.69, 9.17) is 27.6 Å². The molecule has 4 aromatic rings. The van der Waals surface area contributed by atoms with Crippen molar-refractivity contribution in [3.8, 4) is 5.75 Å². The molecule has 1 aliphatic heterocycles. The van der Waals surface area contributed by atoms with Gasteiger partial charge in [0, 0.05) is 15.8 Å². The maximum Gasteiger partial charge on any atom is 0.296 e. The molecule has 0 spiro atoms. The summed E-state index contributed by atoms with van der Waals surface area (Å²) in [6.45, 7) is 1.69. The number of phenolic OH excluding ortho intramolecular Hbond substituents is 1. The Labute approximate surface area is 229 Å². The Morgan fingerprint density at radius 3 is 2.54 bits per heavy atom. The molecule has 0 radical (unpaired) electrons. The van der Waals surface area contributed by atoms with Crippen LogP contribution in [0.15, 0.2) is 74.7 Å². The van der Waals surface area contributed by atoms with E-state index < -0.39 is 23.5 Å². The molecule has 1 atom stereocenters. The molecule has 2 aromatic carbocycles. The highest BCUT2D eigenvalue weighted by Gasteiger charge is 2.46.